The van der Waals surface area contributed by atoms with Crippen molar-refractivity contribution in [3.05, 3.63) is 29.8 Å². The highest BCUT2D eigenvalue weighted by Crippen LogP contribution is 2.30. The summed E-state index contributed by atoms with van der Waals surface area (Å²) in [6.45, 7) is 3.09. The zero-order valence-corrected chi connectivity index (χ0v) is 13.6. The molecule has 0 bridgehead atoms. The third-order valence-electron chi connectivity index (χ3n) is 5.19. The first-order valence-electron chi connectivity index (χ1n) is 8.28. The maximum Gasteiger partial charge on any atom is 0.222 e. The zero-order valence-electron chi connectivity index (χ0n) is 13.6. The number of benzene rings is 1. The third-order valence-corrected chi connectivity index (χ3v) is 5.19. The highest BCUT2D eigenvalue weighted by atomic mass is 16.5. The number of carbonyl (C=O) groups excluding carboxylic acids is 1. The molecule has 0 aliphatic carbocycles. The first-order valence-corrected chi connectivity index (χ1v) is 8.28. The van der Waals surface area contributed by atoms with Crippen LogP contribution in [0.25, 0.3) is 0 Å². The minimum atomic E-state index is 0.330. The van der Waals surface area contributed by atoms with Gasteiger partial charge in [0.25, 0.3) is 0 Å². The van der Waals surface area contributed by atoms with Gasteiger partial charge in [0.05, 0.1) is 7.11 Å². The quantitative estimate of drug-likeness (QED) is 0.836. The number of carbonyl (C=O) groups is 1. The maximum absolute atomic E-state index is 12.4. The van der Waals surface area contributed by atoms with Gasteiger partial charge in [-0.25, -0.2) is 0 Å². The molecule has 2 fully saturated rings. The molecule has 22 heavy (non-hydrogen) atoms. The van der Waals surface area contributed by atoms with Gasteiger partial charge in [-0.15, -0.1) is 0 Å². The van der Waals surface area contributed by atoms with Crippen LogP contribution in [0.3, 0.4) is 0 Å². The third kappa shape index (κ3) is 3.27. The van der Waals surface area contributed by atoms with Crippen LogP contribution in [-0.2, 0) is 11.2 Å². The molecule has 3 rings (SSSR count). The van der Waals surface area contributed by atoms with E-state index in [4.69, 9.17) is 4.74 Å². The van der Waals surface area contributed by atoms with Crippen LogP contribution in [0.2, 0.25) is 0 Å². The molecule has 0 spiro atoms. The van der Waals surface area contributed by atoms with E-state index < -0.39 is 0 Å². The number of likely N-dealkylation sites (N-methyl/N-ethyl adjacent to an activating group) is 1. The van der Waals surface area contributed by atoms with Crippen molar-refractivity contribution >= 4 is 5.91 Å². The van der Waals surface area contributed by atoms with Crippen LogP contribution in [0.5, 0.6) is 5.75 Å². The van der Waals surface area contributed by atoms with E-state index >= 15 is 0 Å². The summed E-state index contributed by atoms with van der Waals surface area (Å²) in [5.41, 5.74) is 1.27. The summed E-state index contributed by atoms with van der Waals surface area (Å²) in [5.74, 6) is 1.92. The Balaban J connectivity index is 1.43. The molecule has 2 saturated heterocycles. The first kappa shape index (κ1) is 15.3. The molecular weight excluding hydrogens is 276 g/mol. The number of ether oxygens (including phenoxy) is 1. The fraction of sp³-hybridized carbons (Fsp3) is 0.611. The second kappa shape index (κ2) is 6.69. The Hall–Kier alpha value is -1.55. The van der Waals surface area contributed by atoms with Crippen molar-refractivity contribution in [3.8, 4) is 5.75 Å². The number of hydrogen-bond acceptors (Lipinski definition) is 3. The number of methoxy groups -OCH3 is 1. The standard InChI is InChI=1S/C18H26N2O2/c1-19-11-10-15-12-20(13-17(15)19)18(21)5-3-4-14-6-8-16(22-2)9-7-14/h6-9,15,17H,3-5,10-13H2,1-2H3/t15-,17+/m1/s1. The lowest BCUT2D eigenvalue weighted by molar-refractivity contribution is -0.130. The second-order valence-electron chi connectivity index (χ2n) is 6.60. The summed E-state index contributed by atoms with van der Waals surface area (Å²) in [5, 5.41) is 0. The highest BCUT2D eigenvalue weighted by Gasteiger charge is 2.40. The molecule has 2 atom stereocenters. The van der Waals surface area contributed by atoms with E-state index in [-0.39, 0.29) is 0 Å². The SMILES string of the molecule is COc1ccc(CCCC(=O)N2C[C@H]3CCN(C)[C@H]3C2)cc1. The number of fused-ring (bicyclic) bond motifs is 1. The number of rotatable bonds is 5. The van der Waals surface area contributed by atoms with Gasteiger partial charge in [-0.1, -0.05) is 12.1 Å². The highest BCUT2D eigenvalue weighted by molar-refractivity contribution is 5.76. The molecule has 4 heteroatoms. The van der Waals surface area contributed by atoms with Crippen LogP contribution in [0.4, 0.5) is 0 Å². The van der Waals surface area contributed by atoms with E-state index in [1.807, 2.05) is 12.1 Å². The normalized spacial score (nSPS) is 24.5. The van der Waals surface area contributed by atoms with Crippen molar-refractivity contribution in [2.75, 3.05) is 33.8 Å². The van der Waals surface area contributed by atoms with Crippen molar-refractivity contribution < 1.29 is 9.53 Å². The number of likely N-dealkylation sites (tertiary alicyclic amines) is 2. The monoisotopic (exact) mass is 302 g/mol. The fourth-order valence-electron chi connectivity index (χ4n) is 3.77. The van der Waals surface area contributed by atoms with Crippen LogP contribution < -0.4 is 4.74 Å². The van der Waals surface area contributed by atoms with Crippen molar-refractivity contribution in [1.29, 1.82) is 0 Å². The van der Waals surface area contributed by atoms with Crippen LogP contribution in [0.15, 0.2) is 24.3 Å². The maximum atomic E-state index is 12.4. The second-order valence-corrected chi connectivity index (χ2v) is 6.60. The predicted octanol–water partition coefficient (Wildman–Crippen LogP) is 2.18. The predicted molar refractivity (Wildman–Crippen MR) is 87.0 cm³/mol. The van der Waals surface area contributed by atoms with Crippen molar-refractivity contribution in [2.45, 2.75) is 31.7 Å². The Morgan fingerprint density at radius 1 is 1.27 bits per heavy atom. The molecule has 0 unspecified atom stereocenters. The van der Waals surface area contributed by atoms with Crippen molar-refractivity contribution in [1.82, 2.24) is 9.80 Å². The van der Waals surface area contributed by atoms with Gasteiger partial charge in [0.1, 0.15) is 5.75 Å². The van der Waals surface area contributed by atoms with E-state index in [2.05, 4.69) is 29.0 Å². The van der Waals surface area contributed by atoms with Gasteiger partial charge in [-0.2, -0.15) is 0 Å². The van der Waals surface area contributed by atoms with Gasteiger partial charge in [-0.3, -0.25) is 4.79 Å². The van der Waals surface area contributed by atoms with Gasteiger partial charge in [0.2, 0.25) is 5.91 Å². The van der Waals surface area contributed by atoms with Gasteiger partial charge >= 0.3 is 0 Å². The van der Waals surface area contributed by atoms with Gasteiger partial charge < -0.3 is 14.5 Å². The topological polar surface area (TPSA) is 32.8 Å². The Labute approximate surface area is 133 Å². The molecule has 4 nitrogen and oxygen atoms in total. The van der Waals surface area contributed by atoms with Gasteiger partial charge in [0.15, 0.2) is 0 Å². The van der Waals surface area contributed by atoms with Crippen molar-refractivity contribution in [2.24, 2.45) is 5.92 Å². The van der Waals surface area contributed by atoms with E-state index in [1.54, 1.807) is 7.11 Å². The summed E-state index contributed by atoms with van der Waals surface area (Å²) in [6, 6.07) is 8.73. The van der Waals surface area contributed by atoms with E-state index in [0.717, 1.165) is 31.7 Å². The number of aryl methyl sites for hydroxylation is 1. The average Bonchev–Trinajstić information content (AvgIpc) is 3.10. The zero-order chi connectivity index (χ0) is 15.5. The number of hydrogen-bond donors (Lipinski definition) is 0. The summed E-state index contributed by atoms with van der Waals surface area (Å²) in [7, 11) is 3.86. The lowest BCUT2D eigenvalue weighted by Gasteiger charge is -2.20. The lowest BCUT2D eigenvalue weighted by Crippen LogP contribution is -2.34. The average molecular weight is 302 g/mol. The lowest BCUT2D eigenvalue weighted by atomic mass is 10.1. The molecule has 2 aliphatic heterocycles. The van der Waals surface area contributed by atoms with E-state index in [0.29, 0.717) is 24.3 Å². The van der Waals surface area contributed by atoms with Crippen molar-refractivity contribution in [3.63, 3.8) is 0 Å². The Kier molecular flexibility index (Phi) is 4.67. The molecule has 2 aliphatic rings. The molecule has 0 saturated carbocycles. The molecule has 120 valence electrons. The van der Waals surface area contributed by atoms with Crippen LogP contribution in [0, 0.1) is 5.92 Å². The van der Waals surface area contributed by atoms with E-state index in [1.165, 1.54) is 18.5 Å². The Morgan fingerprint density at radius 2 is 2.05 bits per heavy atom. The Morgan fingerprint density at radius 3 is 2.73 bits per heavy atom. The molecular formula is C18H26N2O2. The number of nitrogens with zero attached hydrogens (tertiary/aromatic N) is 2. The first-order chi connectivity index (χ1) is 10.7. The molecule has 0 aromatic heterocycles. The molecule has 1 amide bonds. The Bertz CT molecular complexity index is 514. The summed E-state index contributed by atoms with van der Waals surface area (Å²) in [6.07, 6.45) is 3.79. The number of amides is 1. The van der Waals surface area contributed by atoms with Crippen LogP contribution in [-0.4, -0.2) is 55.5 Å². The molecule has 0 radical (unpaired) electrons. The van der Waals surface area contributed by atoms with Gasteiger partial charge in [0, 0.05) is 25.6 Å². The molecule has 1 aromatic carbocycles. The van der Waals surface area contributed by atoms with Crippen LogP contribution >= 0.6 is 0 Å². The minimum absolute atomic E-state index is 0.330. The van der Waals surface area contributed by atoms with E-state index in [9.17, 15) is 4.79 Å². The molecule has 1 aromatic rings. The van der Waals surface area contributed by atoms with Gasteiger partial charge in [-0.05, 0) is 56.5 Å². The summed E-state index contributed by atoms with van der Waals surface area (Å²) >= 11 is 0. The fourth-order valence-corrected chi connectivity index (χ4v) is 3.77. The molecule has 0 N–H and O–H groups in total. The summed E-state index contributed by atoms with van der Waals surface area (Å²) in [4.78, 5) is 16.9. The van der Waals surface area contributed by atoms with Crippen LogP contribution in [0.1, 0.15) is 24.8 Å². The summed E-state index contributed by atoms with van der Waals surface area (Å²) < 4.78 is 5.16. The largest absolute Gasteiger partial charge is 0.497 e. The smallest absolute Gasteiger partial charge is 0.222 e. The molecule has 2 heterocycles. The minimum Gasteiger partial charge on any atom is -0.497 e.